The van der Waals surface area contributed by atoms with E-state index in [2.05, 4.69) is 10.3 Å². The summed E-state index contributed by atoms with van der Waals surface area (Å²) in [4.78, 5) is 4.09. The van der Waals surface area contributed by atoms with Crippen LogP contribution in [0.2, 0.25) is 5.02 Å². The van der Waals surface area contributed by atoms with E-state index in [-0.39, 0.29) is 0 Å². The third-order valence-electron chi connectivity index (χ3n) is 3.16. The summed E-state index contributed by atoms with van der Waals surface area (Å²) < 4.78 is 10.9. The van der Waals surface area contributed by atoms with E-state index in [1.807, 2.05) is 30.3 Å². The molecule has 0 radical (unpaired) electrons. The monoisotopic (exact) mass is 320 g/mol. The molecule has 0 aliphatic carbocycles. The molecule has 0 fully saturated rings. The van der Waals surface area contributed by atoms with E-state index in [1.54, 1.807) is 19.5 Å². The van der Waals surface area contributed by atoms with Crippen LogP contribution in [0.4, 0.5) is 0 Å². The van der Waals surface area contributed by atoms with Gasteiger partial charge in [0, 0.05) is 48.8 Å². The number of rotatable bonds is 9. The minimum absolute atomic E-state index is 0.492. The Bertz CT molecular complexity index is 564. The molecule has 0 aliphatic rings. The van der Waals surface area contributed by atoms with Crippen LogP contribution < -0.4 is 10.1 Å². The van der Waals surface area contributed by atoms with Crippen molar-refractivity contribution in [2.45, 2.75) is 19.6 Å². The molecule has 1 aromatic heterocycles. The highest BCUT2D eigenvalue weighted by atomic mass is 35.5. The molecule has 0 saturated carbocycles. The van der Waals surface area contributed by atoms with E-state index < -0.39 is 0 Å². The maximum absolute atomic E-state index is 6.08. The fraction of sp³-hybridized carbons (Fsp3) is 0.353. The zero-order valence-corrected chi connectivity index (χ0v) is 13.5. The van der Waals surface area contributed by atoms with E-state index in [0.717, 1.165) is 36.4 Å². The standard InChI is InChI=1S/C17H21ClN2O2/c1-21-9-3-8-20-12-15-10-16(18)5-6-17(15)22-13-14-4-2-7-19-11-14/h2,4-7,10-11,20H,3,8-9,12-13H2,1H3. The number of benzene rings is 1. The number of hydrogen-bond acceptors (Lipinski definition) is 4. The van der Waals surface area contributed by atoms with E-state index >= 15 is 0 Å². The zero-order valence-electron chi connectivity index (χ0n) is 12.7. The predicted molar refractivity (Wildman–Crippen MR) is 88.2 cm³/mol. The van der Waals surface area contributed by atoms with Crippen molar-refractivity contribution in [3.8, 4) is 5.75 Å². The first-order valence-electron chi connectivity index (χ1n) is 7.29. The highest BCUT2D eigenvalue weighted by molar-refractivity contribution is 6.30. The Morgan fingerprint density at radius 2 is 2.18 bits per heavy atom. The van der Waals surface area contributed by atoms with Gasteiger partial charge in [0.1, 0.15) is 12.4 Å². The second kappa shape index (κ2) is 9.41. The topological polar surface area (TPSA) is 43.4 Å². The molecule has 0 aliphatic heterocycles. The second-order valence-electron chi connectivity index (χ2n) is 4.93. The first-order valence-corrected chi connectivity index (χ1v) is 7.67. The summed E-state index contributed by atoms with van der Waals surface area (Å²) in [5.41, 5.74) is 2.09. The normalized spacial score (nSPS) is 10.6. The van der Waals surface area contributed by atoms with Crippen LogP contribution in [0, 0.1) is 0 Å². The molecule has 0 spiro atoms. The predicted octanol–water partition coefficient (Wildman–Crippen LogP) is 3.44. The molecular formula is C17H21ClN2O2. The third-order valence-corrected chi connectivity index (χ3v) is 3.39. The van der Waals surface area contributed by atoms with Gasteiger partial charge >= 0.3 is 0 Å². The largest absolute Gasteiger partial charge is 0.489 e. The van der Waals surface area contributed by atoms with Crippen LogP contribution in [0.3, 0.4) is 0 Å². The Morgan fingerprint density at radius 1 is 1.27 bits per heavy atom. The van der Waals surface area contributed by atoms with Crippen molar-refractivity contribution in [1.29, 1.82) is 0 Å². The summed E-state index contributed by atoms with van der Waals surface area (Å²) in [6.45, 7) is 2.86. The Balaban J connectivity index is 1.92. The summed E-state index contributed by atoms with van der Waals surface area (Å²) in [5.74, 6) is 0.840. The molecule has 22 heavy (non-hydrogen) atoms. The van der Waals surface area contributed by atoms with Gasteiger partial charge in [-0.15, -0.1) is 0 Å². The summed E-state index contributed by atoms with van der Waals surface area (Å²) >= 11 is 6.08. The van der Waals surface area contributed by atoms with Gasteiger partial charge < -0.3 is 14.8 Å². The quantitative estimate of drug-likeness (QED) is 0.719. The SMILES string of the molecule is COCCCNCc1cc(Cl)ccc1OCc1cccnc1. The molecule has 118 valence electrons. The third kappa shape index (κ3) is 5.64. The van der Waals surface area contributed by atoms with E-state index in [9.17, 15) is 0 Å². The number of hydrogen-bond donors (Lipinski definition) is 1. The molecule has 5 heteroatoms. The molecule has 1 aromatic carbocycles. The lowest BCUT2D eigenvalue weighted by Gasteiger charge is -2.13. The van der Waals surface area contributed by atoms with Crippen LogP contribution in [-0.2, 0) is 17.9 Å². The van der Waals surface area contributed by atoms with Crippen molar-refractivity contribution in [3.05, 3.63) is 58.9 Å². The van der Waals surface area contributed by atoms with Crippen molar-refractivity contribution in [3.63, 3.8) is 0 Å². The highest BCUT2D eigenvalue weighted by Gasteiger charge is 2.05. The summed E-state index contributed by atoms with van der Waals surface area (Å²) in [7, 11) is 1.71. The van der Waals surface area contributed by atoms with Crippen LogP contribution >= 0.6 is 11.6 Å². The minimum Gasteiger partial charge on any atom is -0.489 e. The number of aromatic nitrogens is 1. The van der Waals surface area contributed by atoms with Crippen molar-refractivity contribution < 1.29 is 9.47 Å². The molecule has 4 nitrogen and oxygen atoms in total. The first-order chi connectivity index (χ1) is 10.8. The van der Waals surface area contributed by atoms with Crippen LogP contribution in [0.1, 0.15) is 17.5 Å². The van der Waals surface area contributed by atoms with Gasteiger partial charge in [-0.25, -0.2) is 0 Å². The molecule has 2 aromatic rings. The number of nitrogens with zero attached hydrogens (tertiary/aromatic N) is 1. The first kappa shape index (κ1) is 16.7. The van der Waals surface area contributed by atoms with Crippen LogP contribution in [0.5, 0.6) is 5.75 Å². The van der Waals surface area contributed by atoms with Crippen LogP contribution in [0.15, 0.2) is 42.7 Å². The number of nitrogens with one attached hydrogen (secondary N) is 1. The lowest BCUT2D eigenvalue weighted by Crippen LogP contribution is -2.16. The Labute approximate surface area is 136 Å². The minimum atomic E-state index is 0.492. The van der Waals surface area contributed by atoms with Crippen molar-refractivity contribution in [1.82, 2.24) is 10.3 Å². The van der Waals surface area contributed by atoms with Crippen molar-refractivity contribution in [2.75, 3.05) is 20.3 Å². The highest BCUT2D eigenvalue weighted by Crippen LogP contribution is 2.23. The lowest BCUT2D eigenvalue weighted by atomic mass is 10.2. The van der Waals surface area contributed by atoms with Gasteiger partial charge in [-0.3, -0.25) is 4.98 Å². The molecule has 0 amide bonds. The summed E-state index contributed by atoms with van der Waals surface area (Å²) in [6.07, 6.45) is 4.53. The fourth-order valence-electron chi connectivity index (χ4n) is 2.04. The van der Waals surface area contributed by atoms with E-state index in [4.69, 9.17) is 21.1 Å². The molecule has 0 bridgehead atoms. The van der Waals surface area contributed by atoms with Gasteiger partial charge in [0.15, 0.2) is 0 Å². The molecule has 0 unspecified atom stereocenters. The number of pyridine rings is 1. The molecular weight excluding hydrogens is 300 g/mol. The van der Waals surface area contributed by atoms with E-state index in [0.29, 0.717) is 18.2 Å². The fourth-order valence-corrected chi connectivity index (χ4v) is 2.23. The van der Waals surface area contributed by atoms with Gasteiger partial charge in [-0.05, 0) is 37.2 Å². The Kier molecular flexibility index (Phi) is 7.16. The van der Waals surface area contributed by atoms with Crippen molar-refractivity contribution in [2.24, 2.45) is 0 Å². The lowest BCUT2D eigenvalue weighted by molar-refractivity contribution is 0.194. The van der Waals surface area contributed by atoms with Crippen molar-refractivity contribution >= 4 is 11.6 Å². The number of ether oxygens (including phenoxy) is 2. The van der Waals surface area contributed by atoms with E-state index in [1.165, 1.54) is 0 Å². The molecule has 1 heterocycles. The maximum atomic E-state index is 6.08. The zero-order chi connectivity index (χ0) is 15.6. The molecule has 1 N–H and O–H groups in total. The number of halogens is 1. The molecule has 2 rings (SSSR count). The van der Waals surface area contributed by atoms with Gasteiger partial charge in [0.25, 0.3) is 0 Å². The molecule has 0 saturated heterocycles. The summed E-state index contributed by atoms with van der Waals surface area (Å²) in [6, 6.07) is 9.58. The number of methoxy groups -OCH3 is 1. The van der Waals surface area contributed by atoms with Gasteiger partial charge in [0.05, 0.1) is 0 Å². The van der Waals surface area contributed by atoms with Crippen LogP contribution in [-0.4, -0.2) is 25.2 Å². The average Bonchev–Trinajstić information content (AvgIpc) is 2.55. The maximum Gasteiger partial charge on any atom is 0.124 e. The smallest absolute Gasteiger partial charge is 0.124 e. The van der Waals surface area contributed by atoms with Crippen LogP contribution in [0.25, 0.3) is 0 Å². The summed E-state index contributed by atoms with van der Waals surface area (Å²) in [5, 5.41) is 4.08. The average molecular weight is 321 g/mol. The Morgan fingerprint density at radius 3 is 2.95 bits per heavy atom. The molecule has 0 atom stereocenters. The van der Waals surface area contributed by atoms with Gasteiger partial charge in [-0.2, -0.15) is 0 Å². The second-order valence-corrected chi connectivity index (χ2v) is 5.36. The Hall–Kier alpha value is -1.62. The van der Waals surface area contributed by atoms with Gasteiger partial charge in [0.2, 0.25) is 0 Å². The van der Waals surface area contributed by atoms with Gasteiger partial charge in [-0.1, -0.05) is 17.7 Å².